The van der Waals surface area contributed by atoms with Crippen molar-refractivity contribution in [2.24, 2.45) is 0 Å². The predicted octanol–water partition coefficient (Wildman–Crippen LogP) is 1.95. The first-order chi connectivity index (χ1) is 13.1. The summed E-state index contributed by atoms with van der Waals surface area (Å²) < 4.78 is 74.7. The molecule has 0 aromatic heterocycles. The monoisotopic (exact) mass is 434 g/mol. The van der Waals surface area contributed by atoms with Crippen molar-refractivity contribution in [1.29, 1.82) is 0 Å². The van der Waals surface area contributed by atoms with Gasteiger partial charge in [-0.15, -0.1) is 0 Å². The number of hydrogen-bond donors (Lipinski definition) is 3. The van der Waals surface area contributed by atoms with Gasteiger partial charge in [-0.1, -0.05) is 47.3 Å². The third-order valence-corrected chi connectivity index (χ3v) is 7.54. The largest absolute Gasteiger partial charge is 0.394 e. The van der Waals surface area contributed by atoms with Crippen LogP contribution in [0.25, 0.3) is 0 Å². The van der Waals surface area contributed by atoms with E-state index in [-0.39, 0.29) is 5.75 Å². The molecule has 0 aliphatic heterocycles. The number of hydrogen-bond acceptors (Lipinski definition) is 6. The van der Waals surface area contributed by atoms with Crippen molar-refractivity contribution < 1.29 is 35.7 Å². The zero-order valence-corrected chi connectivity index (χ0v) is 15.8. The van der Waals surface area contributed by atoms with Gasteiger partial charge in [0.25, 0.3) is 10.0 Å². The molecule has 0 amide bonds. The van der Waals surface area contributed by atoms with Gasteiger partial charge in [0, 0.05) is 5.56 Å². The highest BCUT2D eigenvalue weighted by atomic mass is 32.2. The number of sulfonamides is 2. The summed E-state index contributed by atoms with van der Waals surface area (Å²) in [6, 6.07) is 12.2. The molecule has 1 aliphatic carbocycles. The Balaban J connectivity index is 1.81. The van der Waals surface area contributed by atoms with Gasteiger partial charge in [-0.25, -0.2) is 16.8 Å². The smallest absolute Gasteiger partial charge is 0.386 e. The van der Waals surface area contributed by atoms with Gasteiger partial charge >= 0.3 is 15.3 Å². The van der Waals surface area contributed by atoms with E-state index in [0.717, 1.165) is 12.1 Å². The van der Waals surface area contributed by atoms with E-state index in [1.165, 1.54) is 6.07 Å². The Labute approximate surface area is 160 Å². The molecule has 3 N–H and O–H groups in total. The van der Waals surface area contributed by atoms with Gasteiger partial charge in [0.05, 0.1) is 0 Å². The maximum absolute atomic E-state index is 14.0. The summed E-state index contributed by atoms with van der Waals surface area (Å²) in [5, 5.41) is 3.96. The van der Waals surface area contributed by atoms with E-state index in [1.807, 2.05) is 4.89 Å². The van der Waals surface area contributed by atoms with Crippen LogP contribution in [-0.2, 0) is 30.0 Å². The SMILES string of the molecule is O=S(=O)(NO)C(F)(F)c1cccc(ONS(=O)(=O)C2(c3ccccc3)CC2)c1. The average molecular weight is 434 g/mol. The van der Waals surface area contributed by atoms with Crippen LogP contribution in [0.3, 0.4) is 0 Å². The first kappa shape index (κ1) is 20.6. The van der Waals surface area contributed by atoms with Crippen LogP contribution >= 0.6 is 0 Å². The minimum absolute atomic E-state index is 0.349. The quantitative estimate of drug-likeness (QED) is 0.546. The van der Waals surface area contributed by atoms with Crippen molar-refractivity contribution in [3.05, 3.63) is 65.7 Å². The fourth-order valence-electron chi connectivity index (χ4n) is 2.70. The van der Waals surface area contributed by atoms with Crippen LogP contribution in [0.5, 0.6) is 5.75 Å². The lowest BCUT2D eigenvalue weighted by atomic mass is 10.1. The van der Waals surface area contributed by atoms with Crippen LogP contribution < -0.4 is 14.6 Å². The molecule has 1 fully saturated rings. The van der Waals surface area contributed by atoms with Gasteiger partial charge in [0.1, 0.15) is 10.5 Å². The maximum Gasteiger partial charge on any atom is 0.386 e. The molecule has 1 aliphatic rings. The van der Waals surface area contributed by atoms with E-state index in [9.17, 15) is 25.6 Å². The zero-order valence-electron chi connectivity index (χ0n) is 14.2. The Morgan fingerprint density at radius 3 is 2.21 bits per heavy atom. The Morgan fingerprint density at radius 1 is 1.00 bits per heavy atom. The third-order valence-electron chi connectivity index (χ3n) is 4.42. The molecular formula is C16H16F2N2O6S2. The second-order valence-electron chi connectivity index (χ2n) is 6.19. The normalized spacial score (nSPS) is 16.5. The minimum atomic E-state index is -5.38. The van der Waals surface area contributed by atoms with Gasteiger partial charge in [-0.2, -0.15) is 8.78 Å². The van der Waals surface area contributed by atoms with Gasteiger partial charge in [-0.3, -0.25) is 0 Å². The Bertz CT molecular complexity index is 1070. The minimum Gasteiger partial charge on any atom is -0.394 e. The van der Waals surface area contributed by atoms with E-state index in [0.29, 0.717) is 29.4 Å². The summed E-state index contributed by atoms with van der Waals surface area (Å²) in [6.45, 7) is 0. The molecule has 0 saturated heterocycles. The highest BCUT2D eigenvalue weighted by Crippen LogP contribution is 2.52. The fourth-order valence-corrected chi connectivity index (χ4v) is 4.71. The summed E-state index contributed by atoms with van der Waals surface area (Å²) in [7, 11) is -9.39. The van der Waals surface area contributed by atoms with Crippen molar-refractivity contribution in [3.8, 4) is 5.75 Å². The van der Waals surface area contributed by atoms with Crippen LogP contribution in [-0.4, -0.2) is 22.0 Å². The zero-order chi connectivity index (χ0) is 20.6. The summed E-state index contributed by atoms with van der Waals surface area (Å²) in [6.07, 6.45) is 0.739. The summed E-state index contributed by atoms with van der Waals surface area (Å²) >= 11 is 0. The standard InChI is InChI=1S/C16H16F2N2O6S2/c17-16(18,28(24,25)19-21)13-7-4-8-14(11-13)26-20-27(22,23)15(9-10-15)12-5-2-1-3-6-12/h1-8,11,19-21H,9-10H2. The third kappa shape index (κ3) is 3.49. The molecule has 0 unspecified atom stereocenters. The molecule has 0 spiro atoms. The van der Waals surface area contributed by atoms with Crippen molar-refractivity contribution in [2.45, 2.75) is 22.8 Å². The Morgan fingerprint density at radius 2 is 1.64 bits per heavy atom. The highest BCUT2D eigenvalue weighted by molar-refractivity contribution is 7.90. The van der Waals surface area contributed by atoms with Crippen molar-refractivity contribution in [3.63, 3.8) is 0 Å². The molecule has 2 aromatic carbocycles. The fraction of sp³-hybridized carbons (Fsp3) is 0.250. The Hall–Kier alpha value is -2.12. The van der Waals surface area contributed by atoms with E-state index >= 15 is 0 Å². The average Bonchev–Trinajstić information content (AvgIpc) is 3.50. The molecule has 0 radical (unpaired) electrons. The topological polar surface area (TPSA) is 122 Å². The first-order valence-electron chi connectivity index (χ1n) is 7.93. The van der Waals surface area contributed by atoms with Gasteiger partial charge in [0.15, 0.2) is 0 Å². The summed E-state index contributed by atoms with van der Waals surface area (Å²) in [5.41, 5.74) is -0.443. The number of halogens is 2. The van der Waals surface area contributed by atoms with Gasteiger partial charge in [-0.05, 0) is 35.4 Å². The molecular weight excluding hydrogens is 418 g/mol. The molecule has 8 nitrogen and oxygen atoms in total. The molecule has 2 aromatic rings. The number of alkyl halides is 2. The molecule has 0 heterocycles. The van der Waals surface area contributed by atoms with Crippen LogP contribution in [0.15, 0.2) is 54.6 Å². The molecule has 0 bridgehead atoms. The molecule has 152 valence electrons. The number of rotatable bonds is 8. The number of nitrogens with one attached hydrogen (secondary N) is 2. The summed E-state index contributed by atoms with van der Waals surface area (Å²) in [4.78, 5) is 7.44. The van der Waals surface area contributed by atoms with E-state index in [4.69, 9.17) is 10.0 Å². The van der Waals surface area contributed by atoms with Crippen LogP contribution in [0.1, 0.15) is 24.0 Å². The van der Waals surface area contributed by atoms with Crippen LogP contribution in [0.2, 0.25) is 0 Å². The van der Waals surface area contributed by atoms with Gasteiger partial charge < -0.3 is 10.0 Å². The van der Waals surface area contributed by atoms with Crippen molar-refractivity contribution in [1.82, 2.24) is 9.77 Å². The Kier molecular flexibility index (Phi) is 5.18. The van der Waals surface area contributed by atoms with E-state index < -0.39 is 35.6 Å². The molecule has 1 saturated carbocycles. The number of benzene rings is 2. The van der Waals surface area contributed by atoms with E-state index in [1.54, 1.807) is 30.3 Å². The van der Waals surface area contributed by atoms with Crippen LogP contribution in [0, 0.1) is 0 Å². The summed E-state index contributed by atoms with van der Waals surface area (Å²) in [5.74, 6) is -0.349. The van der Waals surface area contributed by atoms with Crippen molar-refractivity contribution >= 4 is 20.0 Å². The van der Waals surface area contributed by atoms with E-state index in [2.05, 4.69) is 0 Å². The van der Waals surface area contributed by atoms with Crippen LogP contribution in [0.4, 0.5) is 8.78 Å². The van der Waals surface area contributed by atoms with Crippen molar-refractivity contribution in [2.75, 3.05) is 0 Å². The van der Waals surface area contributed by atoms with Gasteiger partial charge in [0.2, 0.25) is 0 Å². The second-order valence-corrected chi connectivity index (χ2v) is 9.85. The predicted molar refractivity (Wildman–Crippen MR) is 94.2 cm³/mol. The molecule has 0 atom stereocenters. The lowest BCUT2D eigenvalue weighted by Gasteiger charge is -2.19. The second kappa shape index (κ2) is 7.04. The lowest BCUT2D eigenvalue weighted by Crippen LogP contribution is -2.37. The molecule has 3 rings (SSSR count). The maximum atomic E-state index is 14.0. The highest BCUT2D eigenvalue weighted by Gasteiger charge is 2.56. The molecule has 12 heteroatoms. The first-order valence-corrected chi connectivity index (χ1v) is 10.9. The lowest BCUT2D eigenvalue weighted by molar-refractivity contribution is 0.0789. The molecule has 28 heavy (non-hydrogen) atoms.